The van der Waals surface area contributed by atoms with E-state index in [0.717, 1.165) is 17.0 Å². The van der Waals surface area contributed by atoms with E-state index in [1.54, 1.807) is 0 Å². The van der Waals surface area contributed by atoms with Crippen molar-refractivity contribution in [2.75, 3.05) is 11.9 Å². The van der Waals surface area contributed by atoms with E-state index >= 15 is 0 Å². The second-order valence-corrected chi connectivity index (χ2v) is 7.81. The molecule has 0 aromatic heterocycles. The maximum absolute atomic E-state index is 12.3. The van der Waals surface area contributed by atoms with Crippen LogP contribution in [0.25, 0.3) is 0 Å². The third-order valence-corrected chi connectivity index (χ3v) is 4.24. The second-order valence-electron chi connectivity index (χ2n) is 7.81. The summed E-state index contributed by atoms with van der Waals surface area (Å²) in [6.07, 6.45) is 0. The van der Waals surface area contributed by atoms with Gasteiger partial charge in [-0.1, -0.05) is 58.9 Å². The number of benzene rings is 2. The van der Waals surface area contributed by atoms with Crippen molar-refractivity contribution < 1.29 is 9.53 Å². The van der Waals surface area contributed by atoms with Gasteiger partial charge < -0.3 is 10.1 Å². The van der Waals surface area contributed by atoms with E-state index in [4.69, 9.17) is 4.74 Å². The van der Waals surface area contributed by atoms with Crippen molar-refractivity contribution in [3.05, 3.63) is 59.2 Å². The highest BCUT2D eigenvalue weighted by atomic mass is 16.5. The average Bonchev–Trinajstić information content (AvgIpc) is 2.52. The molecule has 3 heteroatoms. The molecular weight excluding hydrogens is 310 g/mol. The number of hydrogen-bond donors (Lipinski definition) is 1. The summed E-state index contributed by atoms with van der Waals surface area (Å²) in [5.41, 5.74) is 4.41. The number of aryl methyl sites for hydroxylation is 1. The van der Waals surface area contributed by atoms with Crippen LogP contribution < -0.4 is 10.1 Å². The van der Waals surface area contributed by atoms with Gasteiger partial charge in [-0.05, 0) is 53.1 Å². The molecule has 0 aliphatic rings. The van der Waals surface area contributed by atoms with Gasteiger partial charge in [-0.2, -0.15) is 0 Å². The van der Waals surface area contributed by atoms with Crippen molar-refractivity contribution in [1.29, 1.82) is 0 Å². The van der Waals surface area contributed by atoms with Gasteiger partial charge in [0.05, 0.1) is 0 Å². The quantitative estimate of drug-likeness (QED) is 0.788. The molecule has 0 bridgehead atoms. The number of ether oxygens (including phenoxy) is 1. The molecule has 2 aromatic rings. The predicted octanol–water partition coefficient (Wildman–Crippen LogP) is 5.43. The fraction of sp³-hybridized carbons (Fsp3) is 0.409. The fourth-order valence-electron chi connectivity index (χ4n) is 2.97. The number of carbonyl (C=O) groups is 1. The number of carbonyl (C=O) groups excluding carboxylic acids is 1. The Morgan fingerprint density at radius 1 is 1.12 bits per heavy atom. The van der Waals surface area contributed by atoms with Gasteiger partial charge in [-0.15, -0.1) is 0 Å². The molecule has 0 radical (unpaired) electrons. The zero-order valence-electron chi connectivity index (χ0n) is 16.1. The summed E-state index contributed by atoms with van der Waals surface area (Å²) >= 11 is 0. The van der Waals surface area contributed by atoms with Gasteiger partial charge in [0.2, 0.25) is 0 Å². The smallest absolute Gasteiger partial charge is 0.262 e. The van der Waals surface area contributed by atoms with Crippen LogP contribution in [0.2, 0.25) is 0 Å². The molecule has 0 spiro atoms. The Kier molecular flexibility index (Phi) is 5.89. The predicted molar refractivity (Wildman–Crippen MR) is 105 cm³/mol. The summed E-state index contributed by atoms with van der Waals surface area (Å²) < 4.78 is 5.67. The topological polar surface area (TPSA) is 38.3 Å². The first-order chi connectivity index (χ1) is 11.7. The molecule has 3 nitrogen and oxygen atoms in total. The molecule has 0 unspecified atom stereocenters. The highest BCUT2D eigenvalue weighted by Gasteiger charge is 2.18. The lowest BCUT2D eigenvalue weighted by molar-refractivity contribution is -0.118. The molecule has 1 amide bonds. The minimum atomic E-state index is -0.151. The summed E-state index contributed by atoms with van der Waals surface area (Å²) in [5, 5.41) is 2.97. The first kappa shape index (κ1) is 19.0. The lowest BCUT2D eigenvalue weighted by atomic mass is 9.86. The van der Waals surface area contributed by atoms with Crippen molar-refractivity contribution in [3.8, 4) is 5.75 Å². The SMILES string of the molecule is Cc1cc(OCC(=O)Nc2ccccc2C(C)(C)C)ccc1C(C)C. The lowest BCUT2D eigenvalue weighted by Gasteiger charge is -2.23. The van der Waals surface area contributed by atoms with Gasteiger partial charge in [0.25, 0.3) is 5.91 Å². The van der Waals surface area contributed by atoms with Gasteiger partial charge in [0.1, 0.15) is 5.75 Å². The first-order valence-corrected chi connectivity index (χ1v) is 8.81. The van der Waals surface area contributed by atoms with Crippen molar-refractivity contribution in [2.24, 2.45) is 0 Å². The number of anilines is 1. The molecule has 0 aliphatic carbocycles. The Morgan fingerprint density at radius 2 is 1.80 bits per heavy atom. The van der Waals surface area contributed by atoms with E-state index < -0.39 is 0 Å². The molecule has 0 saturated heterocycles. The Balaban J connectivity index is 2.02. The second kappa shape index (κ2) is 7.73. The van der Waals surface area contributed by atoms with Crippen LogP contribution >= 0.6 is 0 Å². The minimum absolute atomic E-state index is 0.00105. The summed E-state index contributed by atoms with van der Waals surface area (Å²) in [4.78, 5) is 12.3. The van der Waals surface area contributed by atoms with Crippen LogP contribution in [0.3, 0.4) is 0 Å². The lowest BCUT2D eigenvalue weighted by Crippen LogP contribution is -2.23. The molecule has 0 saturated carbocycles. The maximum Gasteiger partial charge on any atom is 0.262 e. The van der Waals surface area contributed by atoms with Gasteiger partial charge >= 0.3 is 0 Å². The monoisotopic (exact) mass is 339 g/mol. The van der Waals surface area contributed by atoms with Crippen LogP contribution in [-0.4, -0.2) is 12.5 Å². The molecule has 25 heavy (non-hydrogen) atoms. The normalized spacial score (nSPS) is 11.5. The molecular formula is C22H29NO2. The van der Waals surface area contributed by atoms with Crippen LogP contribution in [0.1, 0.15) is 57.2 Å². The largest absolute Gasteiger partial charge is 0.484 e. The first-order valence-electron chi connectivity index (χ1n) is 8.81. The summed E-state index contributed by atoms with van der Waals surface area (Å²) in [6, 6.07) is 13.9. The molecule has 0 heterocycles. The third-order valence-electron chi connectivity index (χ3n) is 4.24. The van der Waals surface area contributed by atoms with E-state index in [0.29, 0.717) is 5.92 Å². The Hall–Kier alpha value is -2.29. The van der Waals surface area contributed by atoms with Crippen LogP contribution in [0.5, 0.6) is 5.75 Å². The Morgan fingerprint density at radius 3 is 2.40 bits per heavy atom. The molecule has 1 N–H and O–H groups in total. The highest BCUT2D eigenvalue weighted by molar-refractivity contribution is 5.92. The number of amides is 1. The number of para-hydroxylation sites is 1. The van der Waals surface area contributed by atoms with Crippen LogP contribution in [0, 0.1) is 6.92 Å². The van der Waals surface area contributed by atoms with E-state index in [9.17, 15) is 4.79 Å². The molecule has 0 aliphatic heterocycles. The Bertz CT molecular complexity index is 742. The zero-order valence-corrected chi connectivity index (χ0v) is 16.1. The van der Waals surface area contributed by atoms with E-state index in [2.05, 4.69) is 52.9 Å². The number of hydrogen-bond acceptors (Lipinski definition) is 2. The van der Waals surface area contributed by atoms with Crippen LogP contribution in [0.15, 0.2) is 42.5 Å². The van der Waals surface area contributed by atoms with Gasteiger partial charge in [-0.3, -0.25) is 4.79 Å². The van der Waals surface area contributed by atoms with E-state index in [1.165, 1.54) is 11.1 Å². The minimum Gasteiger partial charge on any atom is -0.484 e. The highest BCUT2D eigenvalue weighted by Crippen LogP contribution is 2.29. The van der Waals surface area contributed by atoms with Crippen molar-refractivity contribution >= 4 is 11.6 Å². The summed E-state index contributed by atoms with van der Waals surface area (Å²) in [5.74, 6) is 1.05. The molecule has 2 aromatic carbocycles. The number of nitrogens with one attached hydrogen (secondary N) is 1. The van der Waals surface area contributed by atoms with Gasteiger partial charge in [-0.25, -0.2) is 0 Å². The van der Waals surface area contributed by atoms with E-state index in [-0.39, 0.29) is 17.9 Å². The van der Waals surface area contributed by atoms with Crippen molar-refractivity contribution in [3.63, 3.8) is 0 Å². The summed E-state index contributed by atoms with van der Waals surface area (Å²) in [6.45, 7) is 12.8. The fourth-order valence-corrected chi connectivity index (χ4v) is 2.97. The summed E-state index contributed by atoms with van der Waals surface area (Å²) in [7, 11) is 0. The van der Waals surface area contributed by atoms with E-state index in [1.807, 2.05) is 36.4 Å². The van der Waals surface area contributed by atoms with Crippen molar-refractivity contribution in [2.45, 2.75) is 52.9 Å². The number of rotatable bonds is 5. The van der Waals surface area contributed by atoms with Gasteiger partial charge in [0.15, 0.2) is 6.61 Å². The molecule has 0 atom stereocenters. The third kappa shape index (κ3) is 5.09. The molecule has 134 valence electrons. The standard InChI is InChI=1S/C22H29NO2/c1-15(2)18-12-11-17(13-16(18)3)25-14-21(24)23-20-10-8-7-9-19(20)22(4,5)6/h7-13,15H,14H2,1-6H3,(H,23,24). The van der Waals surface area contributed by atoms with Crippen LogP contribution in [0.4, 0.5) is 5.69 Å². The molecule has 0 fully saturated rings. The van der Waals surface area contributed by atoms with Gasteiger partial charge in [0, 0.05) is 5.69 Å². The average molecular weight is 339 g/mol. The molecule has 2 rings (SSSR count). The van der Waals surface area contributed by atoms with Crippen LogP contribution in [-0.2, 0) is 10.2 Å². The Labute approximate surface area is 151 Å². The zero-order chi connectivity index (χ0) is 18.6. The van der Waals surface area contributed by atoms with Crippen molar-refractivity contribution in [1.82, 2.24) is 0 Å². The maximum atomic E-state index is 12.3.